The topological polar surface area (TPSA) is 51.0 Å². The van der Waals surface area contributed by atoms with Gasteiger partial charge in [-0.05, 0) is 37.6 Å². The fourth-order valence-corrected chi connectivity index (χ4v) is 1.66. The molecule has 4 heteroatoms. The Morgan fingerprint density at radius 3 is 2.28 bits per heavy atom. The molecule has 1 atom stereocenters. The normalized spacial score (nSPS) is 12.9. The highest BCUT2D eigenvalue weighted by molar-refractivity contribution is 5.53. The number of aromatic nitrogens is 2. The lowest BCUT2D eigenvalue weighted by molar-refractivity contribution is 0.441. The van der Waals surface area contributed by atoms with E-state index >= 15 is 0 Å². The maximum atomic E-state index is 5.64. The number of hydrogen-bond acceptors (Lipinski definition) is 4. The molecular weight excluding hydrogens is 226 g/mol. The van der Waals surface area contributed by atoms with Crippen molar-refractivity contribution in [3.05, 3.63) is 35.7 Å². The Morgan fingerprint density at radius 2 is 1.72 bits per heavy atom. The monoisotopic (exact) mass is 245 g/mol. The van der Waals surface area contributed by atoms with Gasteiger partial charge in [0.1, 0.15) is 0 Å². The van der Waals surface area contributed by atoms with Crippen molar-refractivity contribution in [2.45, 2.75) is 32.7 Å². The van der Waals surface area contributed by atoms with E-state index in [9.17, 15) is 0 Å². The van der Waals surface area contributed by atoms with Gasteiger partial charge in [0.05, 0.1) is 6.04 Å². The van der Waals surface area contributed by atoms with Gasteiger partial charge in [0, 0.05) is 5.56 Å². The average Bonchev–Trinajstić information content (AvgIpc) is 2.87. The van der Waals surface area contributed by atoms with Gasteiger partial charge in [-0.3, -0.25) is 0 Å². The highest BCUT2D eigenvalue weighted by Gasteiger charge is 2.13. The Morgan fingerprint density at radius 1 is 1.06 bits per heavy atom. The van der Waals surface area contributed by atoms with Crippen LogP contribution in [0.3, 0.4) is 0 Å². The third-order valence-electron chi connectivity index (χ3n) is 3.07. The standard InChI is InChI=1S/C14H19N3O/c1-9(2)11-5-7-12(8-6-11)14-17-16-13(18-14)10(3)15-4/h5-10,15H,1-4H3. The first-order valence-corrected chi connectivity index (χ1v) is 6.22. The third kappa shape index (κ3) is 2.59. The molecule has 4 nitrogen and oxygen atoms in total. The lowest BCUT2D eigenvalue weighted by atomic mass is 10.0. The molecule has 0 bridgehead atoms. The van der Waals surface area contributed by atoms with E-state index in [4.69, 9.17) is 4.42 Å². The van der Waals surface area contributed by atoms with E-state index in [2.05, 4.69) is 41.5 Å². The molecule has 18 heavy (non-hydrogen) atoms. The molecule has 1 N–H and O–H groups in total. The summed E-state index contributed by atoms with van der Waals surface area (Å²) in [5.74, 6) is 1.71. The molecule has 1 aromatic carbocycles. The van der Waals surface area contributed by atoms with Gasteiger partial charge in [-0.15, -0.1) is 10.2 Å². The fourth-order valence-electron chi connectivity index (χ4n) is 1.66. The molecule has 0 fully saturated rings. The molecule has 96 valence electrons. The molecule has 1 unspecified atom stereocenters. The van der Waals surface area contributed by atoms with Crippen molar-refractivity contribution < 1.29 is 4.42 Å². The second-order valence-electron chi connectivity index (χ2n) is 4.73. The van der Waals surface area contributed by atoms with Crippen LogP contribution in [-0.4, -0.2) is 17.2 Å². The molecule has 0 aliphatic heterocycles. The van der Waals surface area contributed by atoms with Gasteiger partial charge in [-0.2, -0.15) is 0 Å². The van der Waals surface area contributed by atoms with Gasteiger partial charge >= 0.3 is 0 Å². The second kappa shape index (κ2) is 5.31. The van der Waals surface area contributed by atoms with Gasteiger partial charge in [0.15, 0.2) is 0 Å². The van der Waals surface area contributed by atoms with Crippen molar-refractivity contribution in [2.75, 3.05) is 7.05 Å². The zero-order valence-corrected chi connectivity index (χ0v) is 11.3. The minimum Gasteiger partial charge on any atom is -0.419 e. The molecule has 2 aromatic rings. The molecule has 1 aromatic heterocycles. The van der Waals surface area contributed by atoms with Gasteiger partial charge < -0.3 is 9.73 Å². The Kier molecular flexibility index (Phi) is 3.77. The zero-order chi connectivity index (χ0) is 13.1. The van der Waals surface area contributed by atoms with Crippen LogP contribution in [0.15, 0.2) is 28.7 Å². The molecule has 0 aliphatic rings. The minimum atomic E-state index is 0.0705. The van der Waals surface area contributed by atoms with Gasteiger partial charge in [0.25, 0.3) is 0 Å². The summed E-state index contributed by atoms with van der Waals surface area (Å²) in [5, 5.41) is 11.2. The SMILES string of the molecule is CNC(C)c1nnc(-c2ccc(C(C)C)cc2)o1. The van der Waals surface area contributed by atoms with Crippen molar-refractivity contribution in [1.82, 2.24) is 15.5 Å². The number of hydrogen-bond donors (Lipinski definition) is 1. The van der Waals surface area contributed by atoms with Gasteiger partial charge in [-0.25, -0.2) is 0 Å². The maximum Gasteiger partial charge on any atom is 0.247 e. The van der Waals surface area contributed by atoms with Crippen LogP contribution in [0.25, 0.3) is 11.5 Å². The van der Waals surface area contributed by atoms with Gasteiger partial charge in [-0.1, -0.05) is 26.0 Å². The highest BCUT2D eigenvalue weighted by atomic mass is 16.4. The van der Waals surface area contributed by atoms with Crippen LogP contribution >= 0.6 is 0 Å². The maximum absolute atomic E-state index is 5.64. The Labute approximate surface area is 107 Å². The van der Waals surface area contributed by atoms with Crippen LogP contribution in [0.4, 0.5) is 0 Å². The first-order valence-electron chi connectivity index (χ1n) is 6.22. The number of nitrogens with one attached hydrogen (secondary N) is 1. The predicted octanol–water partition coefficient (Wildman–Crippen LogP) is 3.14. The van der Waals surface area contributed by atoms with Crippen molar-refractivity contribution in [1.29, 1.82) is 0 Å². The lowest BCUT2D eigenvalue weighted by Gasteiger charge is -2.05. The Balaban J connectivity index is 2.23. The molecule has 0 radical (unpaired) electrons. The zero-order valence-electron chi connectivity index (χ0n) is 11.3. The summed E-state index contributed by atoms with van der Waals surface area (Å²) in [6.45, 7) is 6.34. The van der Waals surface area contributed by atoms with Crippen LogP contribution in [0.2, 0.25) is 0 Å². The highest BCUT2D eigenvalue weighted by Crippen LogP contribution is 2.23. The molecule has 0 spiro atoms. The largest absolute Gasteiger partial charge is 0.419 e. The molecular formula is C14H19N3O. The van der Waals surface area contributed by atoms with E-state index in [-0.39, 0.29) is 6.04 Å². The molecule has 0 amide bonds. The summed E-state index contributed by atoms with van der Waals surface area (Å²) in [7, 11) is 1.87. The number of nitrogens with zero attached hydrogens (tertiary/aromatic N) is 2. The van der Waals surface area contributed by atoms with Crippen molar-refractivity contribution in [3.63, 3.8) is 0 Å². The van der Waals surface area contributed by atoms with Crippen molar-refractivity contribution >= 4 is 0 Å². The van der Waals surface area contributed by atoms with E-state index in [1.807, 2.05) is 26.1 Å². The summed E-state index contributed by atoms with van der Waals surface area (Å²) in [5.41, 5.74) is 2.27. The summed E-state index contributed by atoms with van der Waals surface area (Å²) < 4.78 is 5.64. The summed E-state index contributed by atoms with van der Waals surface area (Å²) in [6, 6.07) is 8.32. The quantitative estimate of drug-likeness (QED) is 0.899. The average molecular weight is 245 g/mol. The summed E-state index contributed by atoms with van der Waals surface area (Å²) >= 11 is 0. The van der Waals surface area contributed by atoms with E-state index < -0.39 is 0 Å². The smallest absolute Gasteiger partial charge is 0.247 e. The van der Waals surface area contributed by atoms with Crippen LogP contribution in [0.1, 0.15) is 44.2 Å². The van der Waals surface area contributed by atoms with E-state index in [1.165, 1.54) is 5.56 Å². The molecule has 0 saturated heterocycles. The summed E-state index contributed by atoms with van der Waals surface area (Å²) in [6.07, 6.45) is 0. The van der Waals surface area contributed by atoms with E-state index in [0.29, 0.717) is 17.7 Å². The van der Waals surface area contributed by atoms with Crippen LogP contribution in [-0.2, 0) is 0 Å². The van der Waals surface area contributed by atoms with Crippen molar-refractivity contribution in [2.24, 2.45) is 0 Å². The van der Waals surface area contributed by atoms with Crippen molar-refractivity contribution in [3.8, 4) is 11.5 Å². The van der Waals surface area contributed by atoms with Crippen LogP contribution < -0.4 is 5.32 Å². The molecule has 1 heterocycles. The van der Waals surface area contributed by atoms with E-state index in [0.717, 1.165) is 5.56 Å². The first kappa shape index (κ1) is 12.8. The van der Waals surface area contributed by atoms with Crippen LogP contribution in [0.5, 0.6) is 0 Å². The summed E-state index contributed by atoms with van der Waals surface area (Å²) in [4.78, 5) is 0. The predicted molar refractivity (Wildman–Crippen MR) is 71.3 cm³/mol. The molecule has 0 saturated carbocycles. The lowest BCUT2D eigenvalue weighted by Crippen LogP contribution is -2.12. The molecule has 2 rings (SSSR count). The second-order valence-corrected chi connectivity index (χ2v) is 4.73. The number of benzene rings is 1. The molecule has 0 aliphatic carbocycles. The fraction of sp³-hybridized carbons (Fsp3) is 0.429. The minimum absolute atomic E-state index is 0.0705. The van der Waals surface area contributed by atoms with Gasteiger partial charge in [0.2, 0.25) is 11.8 Å². The Hall–Kier alpha value is -1.68. The Bertz CT molecular complexity index is 502. The van der Waals surface area contributed by atoms with E-state index in [1.54, 1.807) is 0 Å². The third-order valence-corrected chi connectivity index (χ3v) is 3.07. The number of rotatable bonds is 4. The van der Waals surface area contributed by atoms with Crippen LogP contribution in [0, 0.1) is 0 Å². The first-order chi connectivity index (χ1) is 8.61.